The summed E-state index contributed by atoms with van der Waals surface area (Å²) < 4.78 is 10.9. The summed E-state index contributed by atoms with van der Waals surface area (Å²) in [5, 5.41) is 18.4. The van der Waals surface area contributed by atoms with Gasteiger partial charge in [-0.25, -0.2) is 0 Å². The molecule has 7 nitrogen and oxygen atoms in total. The van der Waals surface area contributed by atoms with Gasteiger partial charge in [-0.2, -0.15) is 5.10 Å². The first-order valence-electron chi connectivity index (χ1n) is 11.3. The molecular formula is C28H24ClN3O4. The monoisotopic (exact) mass is 501 g/mol. The highest BCUT2D eigenvalue weighted by Crippen LogP contribution is 2.45. The Labute approximate surface area is 213 Å². The van der Waals surface area contributed by atoms with Crippen molar-refractivity contribution in [2.75, 3.05) is 13.7 Å². The number of halogens is 1. The number of hydrogen-bond donors (Lipinski definition) is 2. The van der Waals surface area contributed by atoms with Crippen molar-refractivity contribution in [1.82, 2.24) is 15.1 Å². The summed E-state index contributed by atoms with van der Waals surface area (Å²) in [6, 6.07) is 19.5. The number of nitrogens with one attached hydrogen (secondary N) is 1. The van der Waals surface area contributed by atoms with Gasteiger partial charge >= 0.3 is 0 Å². The number of fused-ring (bicyclic) bond motifs is 1. The van der Waals surface area contributed by atoms with Crippen molar-refractivity contribution < 1.29 is 19.4 Å². The maximum absolute atomic E-state index is 13.6. The zero-order valence-electron chi connectivity index (χ0n) is 19.6. The number of aromatic nitrogens is 2. The summed E-state index contributed by atoms with van der Waals surface area (Å²) in [6.45, 7) is 4.44. The molecule has 1 amide bonds. The lowest BCUT2D eigenvalue weighted by Gasteiger charge is -2.27. The van der Waals surface area contributed by atoms with Crippen LogP contribution in [0.5, 0.6) is 17.2 Å². The van der Waals surface area contributed by atoms with Gasteiger partial charge in [0, 0.05) is 22.7 Å². The number of aromatic amines is 1. The summed E-state index contributed by atoms with van der Waals surface area (Å²) in [6.07, 6.45) is 1.68. The topological polar surface area (TPSA) is 87.7 Å². The van der Waals surface area contributed by atoms with Gasteiger partial charge in [0.1, 0.15) is 35.2 Å². The molecular weight excluding hydrogens is 478 g/mol. The van der Waals surface area contributed by atoms with E-state index in [9.17, 15) is 9.90 Å². The van der Waals surface area contributed by atoms with Gasteiger partial charge in [0.05, 0.1) is 13.2 Å². The average Bonchev–Trinajstić information content (AvgIpc) is 3.44. The molecule has 0 saturated carbocycles. The lowest BCUT2D eigenvalue weighted by atomic mass is 9.95. The number of phenols is 1. The second-order valence-electron chi connectivity index (χ2n) is 8.37. The van der Waals surface area contributed by atoms with Gasteiger partial charge in [-0.3, -0.25) is 9.89 Å². The minimum atomic E-state index is -0.449. The van der Waals surface area contributed by atoms with Crippen molar-refractivity contribution in [1.29, 1.82) is 0 Å². The Morgan fingerprint density at radius 3 is 2.53 bits per heavy atom. The molecule has 0 radical (unpaired) electrons. The van der Waals surface area contributed by atoms with Crippen molar-refractivity contribution in [2.24, 2.45) is 0 Å². The van der Waals surface area contributed by atoms with Crippen molar-refractivity contribution in [2.45, 2.75) is 12.6 Å². The predicted molar refractivity (Wildman–Crippen MR) is 138 cm³/mol. The van der Waals surface area contributed by atoms with Crippen LogP contribution in [-0.4, -0.2) is 39.8 Å². The Morgan fingerprint density at radius 1 is 1.11 bits per heavy atom. The van der Waals surface area contributed by atoms with Gasteiger partial charge in [0.15, 0.2) is 0 Å². The second-order valence-corrected chi connectivity index (χ2v) is 8.81. The number of H-pyrrole nitrogens is 1. The fourth-order valence-electron chi connectivity index (χ4n) is 4.44. The van der Waals surface area contributed by atoms with Gasteiger partial charge in [0.25, 0.3) is 5.91 Å². The molecule has 5 rings (SSSR count). The van der Waals surface area contributed by atoms with Gasteiger partial charge in [-0.05, 0) is 53.6 Å². The highest BCUT2D eigenvalue weighted by atomic mass is 35.5. The predicted octanol–water partition coefficient (Wildman–Crippen LogP) is 5.75. The van der Waals surface area contributed by atoms with Crippen molar-refractivity contribution in [3.63, 3.8) is 0 Å². The zero-order valence-corrected chi connectivity index (χ0v) is 20.3. The largest absolute Gasteiger partial charge is 0.507 e. The smallest absolute Gasteiger partial charge is 0.273 e. The second kappa shape index (κ2) is 9.79. The lowest BCUT2D eigenvalue weighted by Crippen LogP contribution is -2.29. The fraction of sp³-hybridized carbons (Fsp3) is 0.143. The molecule has 1 aliphatic heterocycles. The number of rotatable bonds is 8. The molecule has 1 unspecified atom stereocenters. The summed E-state index contributed by atoms with van der Waals surface area (Å²) in [7, 11) is 1.61. The van der Waals surface area contributed by atoms with Crippen LogP contribution in [-0.2, 0) is 6.54 Å². The number of methoxy groups -OCH3 is 1. The Morgan fingerprint density at radius 2 is 1.83 bits per heavy atom. The zero-order chi connectivity index (χ0) is 25.2. The third-order valence-electron chi connectivity index (χ3n) is 6.15. The van der Waals surface area contributed by atoms with E-state index in [-0.39, 0.29) is 11.7 Å². The lowest BCUT2D eigenvalue weighted by molar-refractivity contribution is 0.0730. The summed E-state index contributed by atoms with van der Waals surface area (Å²) in [5.74, 6) is 1.29. The first-order valence-corrected chi connectivity index (χ1v) is 11.7. The third-order valence-corrected chi connectivity index (χ3v) is 6.39. The molecule has 0 aliphatic carbocycles. The first kappa shape index (κ1) is 23.5. The van der Waals surface area contributed by atoms with Crippen LogP contribution >= 0.6 is 11.6 Å². The number of benzene rings is 3. The van der Waals surface area contributed by atoms with Gasteiger partial charge < -0.3 is 19.5 Å². The molecule has 2 heterocycles. The molecule has 0 bridgehead atoms. The van der Waals surface area contributed by atoms with E-state index >= 15 is 0 Å². The normalized spacial score (nSPS) is 14.6. The van der Waals surface area contributed by atoms with E-state index in [0.29, 0.717) is 46.4 Å². The Bertz CT molecular complexity index is 1410. The van der Waals surface area contributed by atoms with Gasteiger partial charge in [-0.15, -0.1) is 0 Å². The van der Waals surface area contributed by atoms with Crippen LogP contribution in [0.3, 0.4) is 0 Å². The van der Waals surface area contributed by atoms with Gasteiger partial charge in [-0.1, -0.05) is 48.5 Å². The SMILES string of the molecule is C=CCOc1ccc(C2c3c(-c4cc(Cl)ccc4O)n[nH]c3C(=O)N2Cc2ccc(OC)cc2)cc1. The molecule has 182 valence electrons. The number of nitrogens with zero attached hydrogens (tertiary/aromatic N) is 2. The summed E-state index contributed by atoms with van der Waals surface area (Å²) in [5.41, 5.74) is 3.83. The maximum Gasteiger partial charge on any atom is 0.273 e. The van der Waals surface area contributed by atoms with E-state index in [1.807, 2.05) is 48.5 Å². The quantitative estimate of drug-likeness (QED) is 0.300. The van der Waals surface area contributed by atoms with Crippen LogP contribution in [0, 0.1) is 0 Å². The van der Waals surface area contributed by atoms with Crippen molar-refractivity contribution in [3.8, 4) is 28.5 Å². The van der Waals surface area contributed by atoms with Gasteiger partial charge in [0.2, 0.25) is 0 Å². The number of amides is 1. The third kappa shape index (κ3) is 4.29. The molecule has 36 heavy (non-hydrogen) atoms. The van der Waals surface area contributed by atoms with Crippen LogP contribution in [0.2, 0.25) is 5.02 Å². The highest BCUT2D eigenvalue weighted by Gasteiger charge is 2.42. The number of carbonyl (C=O) groups excluding carboxylic acids is 1. The van der Waals surface area contributed by atoms with E-state index in [2.05, 4.69) is 16.8 Å². The molecule has 1 atom stereocenters. The van der Waals surface area contributed by atoms with Crippen LogP contribution in [0.15, 0.2) is 79.4 Å². The number of phenolic OH excluding ortho intramolecular Hbond substituents is 1. The Balaban J connectivity index is 1.60. The Hall–Kier alpha value is -4.23. The molecule has 0 spiro atoms. The molecule has 1 aromatic heterocycles. The molecule has 2 N–H and O–H groups in total. The molecule has 4 aromatic rings. The minimum absolute atomic E-state index is 0.0293. The van der Waals surface area contributed by atoms with Crippen LogP contribution in [0.4, 0.5) is 0 Å². The van der Waals surface area contributed by atoms with E-state index in [4.69, 9.17) is 21.1 Å². The van der Waals surface area contributed by atoms with E-state index in [0.717, 1.165) is 16.9 Å². The molecule has 3 aromatic carbocycles. The summed E-state index contributed by atoms with van der Waals surface area (Å²) >= 11 is 6.23. The number of hydrogen-bond acceptors (Lipinski definition) is 5. The van der Waals surface area contributed by atoms with Crippen molar-refractivity contribution in [3.05, 3.63) is 107 Å². The number of ether oxygens (including phenoxy) is 2. The van der Waals surface area contributed by atoms with Crippen LogP contribution in [0.25, 0.3) is 11.3 Å². The van der Waals surface area contributed by atoms with Crippen molar-refractivity contribution >= 4 is 17.5 Å². The van der Waals surface area contributed by atoms with E-state index < -0.39 is 6.04 Å². The summed E-state index contributed by atoms with van der Waals surface area (Å²) in [4.78, 5) is 15.4. The van der Waals surface area contributed by atoms with Crippen LogP contribution in [0.1, 0.15) is 33.2 Å². The highest BCUT2D eigenvalue weighted by molar-refractivity contribution is 6.31. The first-order chi connectivity index (χ1) is 17.5. The van der Waals surface area contributed by atoms with Crippen LogP contribution < -0.4 is 9.47 Å². The molecule has 0 saturated heterocycles. The molecule has 8 heteroatoms. The number of aromatic hydroxyl groups is 1. The fourth-order valence-corrected chi connectivity index (χ4v) is 4.61. The standard InChI is InChI=1S/C28H24ClN3O4/c1-3-14-36-21-11-6-18(7-12-21)27-24-25(22-15-19(29)8-13-23(22)33)30-31-26(24)28(34)32(27)16-17-4-9-20(35-2)10-5-17/h3-13,15,27,33H,1,14,16H2,2H3,(H,30,31). The Kier molecular flexibility index (Phi) is 6.40. The molecule has 1 aliphatic rings. The average molecular weight is 502 g/mol. The van der Waals surface area contributed by atoms with E-state index in [1.54, 1.807) is 30.2 Å². The number of carbonyl (C=O) groups is 1. The minimum Gasteiger partial charge on any atom is -0.507 e. The maximum atomic E-state index is 13.6. The van der Waals surface area contributed by atoms with E-state index in [1.165, 1.54) is 6.07 Å². The molecule has 0 fully saturated rings.